The fourth-order valence-corrected chi connectivity index (χ4v) is 2.26. The molecule has 5 nitrogen and oxygen atoms in total. The third-order valence-corrected chi connectivity index (χ3v) is 3.33. The van der Waals surface area contributed by atoms with Crippen molar-refractivity contribution in [2.75, 3.05) is 0 Å². The van der Waals surface area contributed by atoms with Gasteiger partial charge in [0.05, 0.1) is 11.2 Å². The standard InChI is InChI=1S/C17H12N4O/c18-10-13(17(19)22)8-11-6-7-15-14(9-11)16(21-20-15)12-4-2-1-3-5-12/h1-9H,(H2,19,22)(H,20,21)/b13-8+. The van der Waals surface area contributed by atoms with Crippen molar-refractivity contribution in [3.8, 4) is 17.3 Å². The lowest BCUT2D eigenvalue weighted by atomic mass is 10.0. The Morgan fingerprint density at radius 2 is 2.00 bits per heavy atom. The largest absolute Gasteiger partial charge is 0.365 e. The number of aromatic amines is 1. The van der Waals surface area contributed by atoms with Crippen LogP contribution in [-0.4, -0.2) is 16.1 Å². The van der Waals surface area contributed by atoms with Crippen molar-refractivity contribution < 1.29 is 4.79 Å². The molecule has 3 N–H and O–H groups in total. The van der Waals surface area contributed by atoms with Gasteiger partial charge in [-0.05, 0) is 23.8 Å². The molecular formula is C17H12N4O. The van der Waals surface area contributed by atoms with E-state index in [4.69, 9.17) is 11.0 Å². The number of nitriles is 1. The number of aromatic nitrogens is 2. The van der Waals surface area contributed by atoms with Crippen LogP contribution in [0.3, 0.4) is 0 Å². The lowest BCUT2D eigenvalue weighted by Crippen LogP contribution is -2.12. The normalized spacial score (nSPS) is 11.3. The number of fused-ring (bicyclic) bond motifs is 1. The zero-order valence-electron chi connectivity index (χ0n) is 11.6. The Kier molecular flexibility index (Phi) is 3.42. The van der Waals surface area contributed by atoms with Gasteiger partial charge in [0, 0.05) is 10.9 Å². The summed E-state index contributed by atoms with van der Waals surface area (Å²) in [4.78, 5) is 11.1. The Morgan fingerprint density at radius 1 is 1.23 bits per heavy atom. The van der Waals surface area contributed by atoms with E-state index in [0.29, 0.717) is 0 Å². The van der Waals surface area contributed by atoms with Crippen molar-refractivity contribution in [2.45, 2.75) is 0 Å². The molecular weight excluding hydrogens is 276 g/mol. The van der Waals surface area contributed by atoms with Crippen LogP contribution < -0.4 is 5.73 Å². The molecule has 1 amide bonds. The maximum atomic E-state index is 11.1. The Balaban J connectivity index is 2.14. The number of benzene rings is 2. The van der Waals surface area contributed by atoms with Crippen LogP contribution in [-0.2, 0) is 4.79 Å². The van der Waals surface area contributed by atoms with Gasteiger partial charge in [0.15, 0.2) is 0 Å². The van der Waals surface area contributed by atoms with Crippen LogP contribution in [0, 0.1) is 11.3 Å². The number of carbonyl (C=O) groups is 1. The summed E-state index contributed by atoms with van der Waals surface area (Å²) in [6.45, 7) is 0. The van der Waals surface area contributed by atoms with Crippen molar-refractivity contribution in [3.63, 3.8) is 0 Å². The zero-order chi connectivity index (χ0) is 15.5. The Labute approximate surface area is 126 Å². The van der Waals surface area contributed by atoms with Gasteiger partial charge in [-0.1, -0.05) is 36.4 Å². The number of hydrogen-bond acceptors (Lipinski definition) is 3. The molecule has 0 spiro atoms. The number of carbonyl (C=O) groups excluding carboxylic acids is 1. The van der Waals surface area contributed by atoms with Crippen LogP contribution in [0.5, 0.6) is 0 Å². The molecule has 0 saturated heterocycles. The molecule has 1 aromatic heterocycles. The predicted octanol–water partition coefficient (Wildman–Crippen LogP) is 2.62. The zero-order valence-corrected chi connectivity index (χ0v) is 11.6. The van der Waals surface area contributed by atoms with Crippen molar-refractivity contribution in [2.24, 2.45) is 5.73 Å². The van der Waals surface area contributed by atoms with Gasteiger partial charge in [-0.3, -0.25) is 9.89 Å². The molecule has 106 valence electrons. The summed E-state index contributed by atoms with van der Waals surface area (Å²) in [5.74, 6) is -0.738. The second-order valence-electron chi connectivity index (χ2n) is 4.78. The van der Waals surface area contributed by atoms with E-state index in [2.05, 4.69) is 10.2 Å². The molecule has 0 fully saturated rings. The highest BCUT2D eigenvalue weighted by Gasteiger charge is 2.09. The molecule has 2 aromatic carbocycles. The van der Waals surface area contributed by atoms with Gasteiger partial charge in [-0.2, -0.15) is 10.4 Å². The summed E-state index contributed by atoms with van der Waals surface area (Å²) in [7, 11) is 0. The number of nitrogens with two attached hydrogens (primary N) is 1. The first-order chi connectivity index (χ1) is 10.7. The summed E-state index contributed by atoms with van der Waals surface area (Å²) in [6, 6.07) is 17.1. The molecule has 22 heavy (non-hydrogen) atoms. The van der Waals surface area contributed by atoms with Crippen molar-refractivity contribution in [1.82, 2.24) is 10.2 Å². The number of rotatable bonds is 3. The Hall–Kier alpha value is -3.39. The van der Waals surface area contributed by atoms with Gasteiger partial charge >= 0.3 is 0 Å². The average Bonchev–Trinajstić information content (AvgIpc) is 2.96. The minimum atomic E-state index is -0.738. The second-order valence-corrected chi connectivity index (χ2v) is 4.78. The first kappa shape index (κ1) is 13.6. The average molecular weight is 288 g/mol. The molecule has 1 heterocycles. The molecule has 3 rings (SSSR count). The second kappa shape index (κ2) is 5.54. The van der Waals surface area contributed by atoms with Gasteiger partial charge in [0.1, 0.15) is 11.6 Å². The van der Waals surface area contributed by atoms with E-state index in [-0.39, 0.29) is 5.57 Å². The molecule has 0 aliphatic rings. The summed E-state index contributed by atoms with van der Waals surface area (Å²) in [5.41, 5.74) is 8.50. The molecule has 0 radical (unpaired) electrons. The summed E-state index contributed by atoms with van der Waals surface area (Å²) >= 11 is 0. The number of hydrogen-bond donors (Lipinski definition) is 2. The molecule has 0 aliphatic carbocycles. The first-order valence-corrected chi connectivity index (χ1v) is 6.64. The number of amides is 1. The van der Waals surface area contributed by atoms with Crippen molar-refractivity contribution in [3.05, 3.63) is 59.7 Å². The molecule has 0 aliphatic heterocycles. The molecule has 0 bridgehead atoms. The van der Waals surface area contributed by atoms with E-state index in [1.807, 2.05) is 42.5 Å². The first-order valence-electron chi connectivity index (χ1n) is 6.64. The van der Waals surface area contributed by atoms with Crippen LogP contribution in [0.4, 0.5) is 0 Å². The number of H-pyrrole nitrogens is 1. The highest BCUT2D eigenvalue weighted by molar-refractivity contribution is 6.01. The SMILES string of the molecule is N#C/C(=C\c1ccc2[nH]nc(-c3ccccc3)c2c1)C(N)=O. The molecule has 5 heteroatoms. The van der Waals surface area contributed by atoms with E-state index in [1.165, 1.54) is 6.08 Å². The van der Waals surface area contributed by atoms with Gasteiger partial charge < -0.3 is 5.73 Å². The lowest BCUT2D eigenvalue weighted by Gasteiger charge is -1.99. The van der Waals surface area contributed by atoms with Crippen LogP contribution in [0.15, 0.2) is 54.1 Å². The van der Waals surface area contributed by atoms with E-state index in [1.54, 1.807) is 12.1 Å². The number of primary amides is 1. The number of nitrogens with zero attached hydrogens (tertiary/aromatic N) is 2. The quantitative estimate of drug-likeness (QED) is 0.572. The fraction of sp³-hybridized carbons (Fsp3) is 0. The summed E-state index contributed by atoms with van der Waals surface area (Å²) in [6.07, 6.45) is 1.48. The smallest absolute Gasteiger partial charge is 0.259 e. The third kappa shape index (κ3) is 2.45. The third-order valence-electron chi connectivity index (χ3n) is 3.33. The lowest BCUT2D eigenvalue weighted by molar-refractivity contribution is -0.114. The van der Waals surface area contributed by atoms with E-state index < -0.39 is 5.91 Å². The van der Waals surface area contributed by atoms with E-state index in [9.17, 15) is 4.79 Å². The maximum absolute atomic E-state index is 11.1. The topological polar surface area (TPSA) is 95.6 Å². The maximum Gasteiger partial charge on any atom is 0.259 e. The van der Waals surface area contributed by atoms with E-state index in [0.717, 1.165) is 27.7 Å². The van der Waals surface area contributed by atoms with Crippen molar-refractivity contribution in [1.29, 1.82) is 5.26 Å². The minimum absolute atomic E-state index is 0.0795. The summed E-state index contributed by atoms with van der Waals surface area (Å²) < 4.78 is 0. The summed E-state index contributed by atoms with van der Waals surface area (Å²) in [5, 5.41) is 17.2. The van der Waals surface area contributed by atoms with Crippen molar-refractivity contribution >= 4 is 22.9 Å². The number of nitrogens with one attached hydrogen (secondary N) is 1. The predicted molar refractivity (Wildman–Crippen MR) is 84.3 cm³/mol. The van der Waals surface area contributed by atoms with Gasteiger partial charge in [-0.25, -0.2) is 0 Å². The fourth-order valence-electron chi connectivity index (χ4n) is 2.26. The minimum Gasteiger partial charge on any atom is -0.365 e. The molecule has 0 saturated carbocycles. The Morgan fingerprint density at radius 3 is 2.68 bits per heavy atom. The van der Waals surface area contributed by atoms with Crippen LogP contribution >= 0.6 is 0 Å². The molecule has 3 aromatic rings. The van der Waals surface area contributed by atoms with Gasteiger partial charge in [0.25, 0.3) is 5.91 Å². The van der Waals surface area contributed by atoms with Crippen LogP contribution in [0.2, 0.25) is 0 Å². The van der Waals surface area contributed by atoms with Crippen LogP contribution in [0.1, 0.15) is 5.56 Å². The van der Waals surface area contributed by atoms with Gasteiger partial charge in [0.2, 0.25) is 0 Å². The van der Waals surface area contributed by atoms with E-state index >= 15 is 0 Å². The Bertz CT molecular complexity index is 917. The highest BCUT2D eigenvalue weighted by Crippen LogP contribution is 2.27. The van der Waals surface area contributed by atoms with Gasteiger partial charge in [-0.15, -0.1) is 0 Å². The molecule has 0 atom stereocenters. The molecule has 0 unspecified atom stereocenters. The van der Waals surface area contributed by atoms with Crippen LogP contribution in [0.25, 0.3) is 28.2 Å². The monoisotopic (exact) mass is 288 g/mol. The highest BCUT2D eigenvalue weighted by atomic mass is 16.1.